The first kappa shape index (κ1) is 26.1. The lowest BCUT2D eigenvalue weighted by atomic mass is 10.1. The number of carbonyl (C=O) groups excluding carboxylic acids is 1. The van der Waals surface area contributed by atoms with Crippen molar-refractivity contribution >= 4 is 5.97 Å². The molecule has 0 heterocycles. The summed E-state index contributed by atoms with van der Waals surface area (Å²) < 4.78 is 23.2. The molecule has 0 atom stereocenters. The summed E-state index contributed by atoms with van der Waals surface area (Å²) in [5.74, 6) is 1.13. The van der Waals surface area contributed by atoms with E-state index in [2.05, 4.69) is 28.1 Å². The highest BCUT2D eigenvalue weighted by Gasteiger charge is 2.18. The second-order valence-electron chi connectivity index (χ2n) is 8.68. The van der Waals surface area contributed by atoms with Gasteiger partial charge in [0.25, 0.3) is 0 Å². The van der Waals surface area contributed by atoms with E-state index in [1.54, 1.807) is 26.4 Å². The second-order valence-corrected chi connectivity index (χ2v) is 8.68. The summed E-state index contributed by atoms with van der Waals surface area (Å²) in [6, 6.07) is 3.32. The Labute approximate surface area is 183 Å². The van der Waals surface area contributed by atoms with E-state index in [9.17, 15) is 4.79 Å². The standard InChI is InChI=1S/C24H42NO5/c1-7-8-9-13-16-29-23-21(27-5)18-20(19-22(23)28-6)24(26)30-17-14-11-10-12-15-25(2,3)4/h18-19H,7-17H2,1-6H3/q+1. The average Bonchev–Trinajstić information content (AvgIpc) is 2.71. The van der Waals surface area contributed by atoms with Gasteiger partial charge in [-0.15, -0.1) is 0 Å². The monoisotopic (exact) mass is 424 g/mol. The van der Waals surface area contributed by atoms with Crippen molar-refractivity contribution in [3.8, 4) is 17.2 Å². The van der Waals surface area contributed by atoms with Crippen LogP contribution in [0.25, 0.3) is 0 Å². The molecule has 0 aromatic heterocycles. The van der Waals surface area contributed by atoms with E-state index in [1.165, 1.54) is 19.3 Å². The molecule has 0 saturated heterocycles. The molecule has 0 amide bonds. The Balaban J connectivity index is 2.55. The molecular weight excluding hydrogens is 382 g/mol. The van der Waals surface area contributed by atoms with Gasteiger partial charge in [-0.1, -0.05) is 26.2 Å². The Morgan fingerprint density at radius 1 is 0.833 bits per heavy atom. The molecule has 0 unspecified atom stereocenters. The van der Waals surface area contributed by atoms with E-state index in [4.69, 9.17) is 18.9 Å². The lowest BCUT2D eigenvalue weighted by Crippen LogP contribution is -2.35. The molecular formula is C24H42NO5+. The topological polar surface area (TPSA) is 54.0 Å². The maximum Gasteiger partial charge on any atom is 0.338 e. The Kier molecular flexibility index (Phi) is 12.3. The third-order valence-corrected chi connectivity index (χ3v) is 4.90. The number of benzene rings is 1. The normalized spacial score (nSPS) is 11.3. The fourth-order valence-electron chi connectivity index (χ4n) is 3.13. The van der Waals surface area contributed by atoms with Crippen molar-refractivity contribution in [3.63, 3.8) is 0 Å². The fourth-order valence-corrected chi connectivity index (χ4v) is 3.13. The maximum atomic E-state index is 12.5. The van der Waals surface area contributed by atoms with E-state index in [-0.39, 0.29) is 5.97 Å². The van der Waals surface area contributed by atoms with Crippen molar-refractivity contribution in [2.45, 2.75) is 58.3 Å². The zero-order chi connectivity index (χ0) is 22.4. The van der Waals surface area contributed by atoms with Gasteiger partial charge in [0.15, 0.2) is 11.5 Å². The van der Waals surface area contributed by atoms with Crippen LogP contribution in [0.15, 0.2) is 12.1 Å². The van der Waals surface area contributed by atoms with Crippen LogP contribution >= 0.6 is 0 Å². The summed E-state index contributed by atoms with van der Waals surface area (Å²) in [7, 11) is 9.72. The van der Waals surface area contributed by atoms with Crippen molar-refractivity contribution in [1.82, 2.24) is 0 Å². The smallest absolute Gasteiger partial charge is 0.338 e. The minimum Gasteiger partial charge on any atom is -0.493 e. The summed E-state index contributed by atoms with van der Waals surface area (Å²) in [4.78, 5) is 12.5. The third kappa shape index (κ3) is 10.2. The molecule has 0 spiro atoms. The van der Waals surface area contributed by atoms with Gasteiger partial charge in [0.05, 0.1) is 60.7 Å². The van der Waals surface area contributed by atoms with Crippen molar-refractivity contribution in [1.29, 1.82) is 0 Å². The molecule has 172 valence electrons. The predicted molar refractivity (Wildman–Crippen MR) is 121 cm³/mol. The van der Waals surface area contributed by atoms with Crippen LogP contribution in [0.2, 0.25) is 0 Å². The van der Waals surface area contributed by atoms with Crippen LogP contribution in [0, 0.1) is 0 Å². The zero-order valence-corrected chi connectivity index (χ0v) is 19.9. The Hall–Kier alpha value is -1.95. The van der Waals surface area contributed by atoms with Crippen LogP contribution < -0.4 is 14.2 Å². The SMILES string of the molecule is CCCCCCOc1c(OC)cc(C(=O)OCCCCCC[N+](C)(C)C)cc1OC. The summed E-state index contributed by atoms with van der Waals surface area (Å²) in [6.45, 7) is 4.34. The largest absolute Gasteiger partial charge is 0.493 e. The van der Waals surface area contributed by atoms with E-state index in [0.29, 0.717) is 36.0 Å². The van der Waals surface area contributed by atoms with Crippen molar-refractivity contribution in [3.05, 3.63) is 17.7 Å². The summed E-state index contributed by atoms with van der Waals surface area (Å²) in [5, 5.41) is 0. The first-order chi connectivity index (χ1) is 14.3. The van der Waals surface area contributed by atoms with E-state index < -0.39 is 0 Å². The zero-order valence-electron chi connectivity index (χ0n) is 19.9. The minimum absolute atomic E-state index is 0.368. The summed E-state index contributed by atoms with van der Waals surface area (Å²) in [5.41, 5.74) is 0.409. The summed E-state index contributed by atoms with van der Waals surface area (Å²) >= 11 is 0. The van der Waals surface area contributed by atoms with E-state index >= 15 is 0 Å². The molecule has 1 rings (SSSR count). The van der Waals surface area contributed by atoms with Crippen molar-refractivity contribution in [2.75, 3.05) is 55.1 Å². The molecule has 0 N–H and O–H groups in total. The number of esters is 1. The van der Waals surface area contributed by atoms with Gasteiger partial charge in [-0.25, -0.2) is 4.79 Å². The highest BCUT2D eigenvalue weighted by Crippen LogP contribution is 2.39. The number of carbonyl (C=O) groups is 1. The Morgan fingerprint density at radius 3 is 1.97 bits per heavy atom. The number of hydrogen-bond acceptors (Lipinski definition) is 5. The number of ether oxygens (including phenoxy) is 4. The van der Waals surface area contributed by atoms with Crippen LogP contribution in [0.5, 0.6) is 17.2 Å². The third-order valence-electron chi connectivity index (χ3n) is 4.90. The van der Waals surface area contributed by atoms with Gasteiger partial charge in [-0.2, -0.15) is 0 Å². The van der Waals surface area contributed by atoms with Crippen LogP contribution in [0.4, 0.5) is 0 Å². The van der Waals surface area contributed by atoms with Gasteiger partial charge < -0.3 is 23.4 Å². The van der Waals surface area contributed by atoms with Crippen molar-refractivity contribution in [2.24, 2.45) is 0 Å². The molecule has 0 aliphatic heterocycles. The van der Waals surface area contributed by atoms with Crippen LogP contribution in [0.1, 0.15) is 68.6 Å². The lowest BCUT2D eigenvalue weighted by Gasteiger charge is -2.23. The molecule has 0 bridgehead atoms. The number of rotatable bonds is 16. The van der Waals surface area contributed by atoms with Crippen LogP contribution in [0.3, 0.4) is 0 Å². The molecule has 1 aromatic carbocycles. The highest BCUT2D eigenvalue weighted by atomic mass is 16.5. The van der Waals surface area contributed by atoms with Gasteiger partial charge in [-0.3, -0.25) is 0 Å². The minimum atomic E-state index is -0.368. The second kappa shape index (κ2) is 14.1. The van der Waals surface area contributed by atoms with Crippen molar-refractivity contribution < 1.29 is 28.2 Å². The number of quaternary nitrogens is 1. The van der Waals surface area contributed by atoms with E-state index in [0.717, 1.165) is 43.1 Å². The Bertz CT molecular complexity index is 600. The molecule has 30 heavy (non-hydrogen) atoms. The molecule has 0 aliphatic rings. The molecule has 0 saturated carbocycles. The lowest BCUT2D eigenvalue weighted by molar-refractivity contribution is -0.870. The number of nitrogens with zero attached hydrogens (tertiary/aromatic N) is 1. The van der Waals surface area contributed by atoms with Gasteiger partial charge in [0.2, 0.25) is 5.75 Å². The maximum absolute atomic E-state index is 12.5. The Morgan fingerprint density at radius 2 is 1.40 bits per heavy atom. The summed E-state index contributed by atoms with van der Waals surface area (Å²) in [6.07, 6.45) is 8.74. The van der Waals surface area contributed by atoms with Gasteiger partial charge >= 0.3 is 5.97 Å². The van der Waals surface area contributed by atoms with Gasteiger partial charge in [0, 0.05) is 0 Å². The first-order valence-corrected chi connectivity index (χ1v) is 11.2. The fraction of sp³-hybridized carbons (Fsp3) is 0.708. The molecule has 6 heteroatoms. The molecule has 1 aromatic rings. The molecule has 0 radical (unpaired) electrons. The van der Waals surface area contributed by atoms with Gasteiger partial charge in [0.1, 0.15) is 0 Å². The van der Waals surface area contributed by atoms with Crippen LogP contribution in [-0.4, -0.2) is 65.6 Å². The van der Waals surface area contributed by atoms with Gasteiger partial charge in [-0.05, 0) is 44.2 Å². The number of methoxy groups -OCH3 is 2. The highest BCUT2D eigenvalue weighted by molar-refractivity contribution is 5.91. The number of hydrogen-bond donors (Lipinski definition) is 0. The quantitative estimate of drug-likeness (QED) is 0.210. The van der Waals surface area contributed by atoms with Crippen LogP contribution in [-0.2, 0) is 4.74 Å². The molecule has 0 fully saturated rings. The molecule has 6 nitrogen and oxygen atoms in total. The molecule has 0 aliphatic carbocycles. The average molecular weight is 425 g/mol. The predicted octanol–water partition coefficient (Wildman–Crippen LogP) is 5.09. The van der Waals surface area contributed by atoms with E-state index in [1.807, 2.05) is 0 Å². The number of unbranched alkanes of at least 4 members (excludes halogenated alkanes) is 6. The first-order valence-electron chi connectivity index (χ1n) is 11.2.